The highest BCUT2D eigenvalue weighted by Gasteiger charge is 2.17. The summed E-state index contributed by atoms with van der Waals surface area (Å²) in [7, 11) is 1.38. The molecule has 12 heteroatoms. The molecule has 0 spiro atoms. The van der Waals surface area contributed by atoms with Crippen molar-refractivity contribution in [3.8, 4) is 11.5 Å². The van der Waals surface area contributed by atoms with Gasteiger partial charge in [0.2, 0.25) is 5.91 Å². The Labute approximate surface area is 187 Å². The van der Waals surface area contributed by atoms with Gasteiger partial charge in [0.25, 0.3) is 11.6 Å². The van der Waals surface area contributed by atoms with E-state index < -0.39 is 16.7 Å². The highest BCUT2D eigenvalue weighted by Crippen LogP contribution is 2.29. The first-order valence-corrected chi connectivity index (χ1v) is 9.47. The second-order valence-electron chi connectivity index (χ2n) is 6.11. The van der Waals surface area contributed by atoms with E-state index in [4.69, 9.17) is 32.7 Å². The van der Waals surface area contributed by atoms with Crippen LogP contribution in [-0.2, 0) is 9.59 Å². The number of hydrogen-bond acceptors (Lipinski definition) is 7. The van der Waals surface area contributed by atoms with Gasteiger partial charge in [-0.05, 0) is 37.3 Å². The summed E-state index contributed by atoms with van der Waals surface area (Å²) in [5, 5.41) is 18.1. The van der Waals surface area contributed by atoms with Crippen LogP contribution in [0.1, 0.15) is 13.3 Å². The molecule has 2 N–H and O–H groups in total. The van der Waals surface area contributed by atoms with Crippen molar-refractivity contribution in [2.75, 3.05) is 19.0 Å². The van der Waals surface area contributed by atoms with E-state index in [-0.39, 0.29) is 46.6 Å². The number of halogens is 2. The number of hydrogen-bond donors (Lipinski definition) is 2. The van der Waals surface area contributed by atoms with Crippen molar-refractivity contribution in [2.45, 2.75) is 13.3 Å². The summed E-state index contributed by atoms with van der Waals surface area (Å²) >= 11 is 11.7. The van der Waals surface area contributed by atoms with Crippen molar-refractivity contribution in [2.24, 2.45) is 5.10 Å². The van der Waals surface area contributed by atoms with Gasteiger partial charge in [0.15, 0.2) is 6.61 Å². The second kappa shape index (κ2) is 11.1. The smallest absolute Gasteiger partial charge is 0.296 e. The molecule has 0 aliphatic heterocycles. The molecule has 0 radical (unpaired) electrons. The minimum absolute atomic E-state index is 0.0147. The van der Waals surface area contributed by atoms with Crippen molar-refractivity contribution >= 4 is 52.1 Å². The van der Waals surface area contributed by atoms with Gasteiger partial charge in [0.05, 0.1) is 29.5 Å². The lowest BCUT2D eigenvalue weighted by Gasteiger charge is -2.08. The molecule has 0 unspecified atom stereocenters. The van der Waals surface area contributed by atoms with Crippen LogP contribution in [0.15, 0.2) is 41.5 Å². The second-order valence-corrected chi connectivity index (χ2v) is 6.95. The number of nitro benzene ring substituents is 1. The van der Waals surface area contributed by atoms with Crippen molar-refractivity contribution < 1.29 is 24.0 Å². The first kappa shape index (κ1) is 23.9. The summed E-state index contributed by atoms with van der Waals surface area (Å²) < 4.78 is 10.2. The van der Waals surface area contributed by atoms with E-state index in [0.717, 1.165) is 0 Å². The quantitative estimate of drug-likeness (QED) is 0.326. The molecule has 0 heterocycles. The Balaban J connectivity index is 1.88. The van der Waals surface area contributed by atoms with Crippen LogP contribution < -0.4 is 20.2 Å². The van der Waals surface area contributed by atoms with Gasteiger partial charge in [0.1, 0.15) is 17.2 Å². The molecule has 31 heavy (non-hydrogen) atoms. The molecule has 2 rings (SSSR count). The molecule has 0 bridgehead atoms. The van der Waals surface area contributed by atoms with Crippen LogP contribution in [0.2, 0.25) is 10.0 Å². The minimum Gasteiger partial charge on any atom is -0.496 e. The molecule has 0 atom stereocenters. The van der Waals surface area contributed by atoms with E-state index in [1.165, 1.54) is 44.4 Å². The molecule has 2 amide bonds. The number of nitro groups is 1. The Hall–Kier alpha value is -3.37. The Bertz CT molecular complexity index is 1030. The number of nitrogens with one attached hydrogen (secondary N) is 2. The van der Waals surface area contributed by atoms with Gasteiger partial charge >= 0.3 is 0 Å². The molecule has 2 aromatic carbocycles. The highest BCUT2D eigenvalue weighted by atomic mass is 35.5. The predicted molar refractivity (Wildman–Crippen MR) is 116 cm³/mol. The van der Waals surface area contributed by atoms with Crippen LogP contribution in [0.3, 0.4) is 0 Å². The molecule has 0 saturated carbocycles. The van der Waals surface area contributed by atoms with E-state index in [9.17, 15) is 19.7 Å². The van der Waals surface area contributed by atoms with Crippen LogP contribution in [0.4, 0.5) is 11.4 Å². The number of ether oxygens (including phenoxy) is 2. The monoisotopic (exact) mass is 468 g/mol. The third kappa shape index (κ3) is 7.43. The molecule has 2 aromatic rings. The lowest BCUT2D eigenvalue weighted by Crippen LogP contribution is -2.26. The first-order chi connectivity index (χ1) is 14.7. The Morgan fingerprint density at radius 2 is 1.90 bits per heavy atom. The summed E-state index contributed by atoms with van der Waals surface area (Å²) in [5.74, 6) is -0.556. The summed E-state index contributed by atoms with van der Waals surface area (Å²) in [6, 6.07) is 8.61. The summed E-state index contributed by atoms with van der Waals surface area (Å²) in [5.41, 5.74) is 2.22. The zero-order valence-corrected chi connectivity index (χ0v) is 18.0. The van der Waals surface area contributed by atoms with Crippen LogP contribution in [0.25, 0.3) is 0 Å². The van der Waals surface area contributed by atoms with Crippen molar-refractivity contribution in [3.05, 3.63) is 56.6 Å². The number of hydrazone groups is 1. The first-order valence-electron chi connectivity index (χ1n) is 8.71. The van der Waals surface area contributed by atoms with E-state index in [2.05, 4.69) is 15.8 Å². The maximum absolute atomic E-state index is 12.2. The maximum Gasteiger partial charge on any atom is 0.296 e. The summed E-state index contributed by atoms with van der Waals surface area (Å²) in [4.78, 5) is 34.6. The summed E-state index contributed by atoms with van der Waals surface area (Å²) in [6.07, 6.45) is -0.201. The largest absolute Gasteiger partial charge is 0.496 e. The zero-order valence-electron chi connectivity index (χ0n) is 16.5. The van der Waals surface area contributed by atoms with Gasteiger partial charge in [-0.3, -0.25) is 19.7 Å². The van der Waals surface area contributed by atoms with E-state index in [1.54, 1.807) is 6.07 Å². The third-order valence-corrected chi connectivity index (χ3v) is 4.25. The van der Waals surface area contributed by atoms with Crippen molar-refractivity contribution in [1.82, 2.24) is 5.43 Å². The molecule has 10 nitrogen and oxygen atoms in total. The van der Waals surface area contributed by atoms with Gasteiger partial charge in [-0.1, -0.05) is 23.2 Å². The average Bonchev–Trinajstić information content (AvgIpc) is 2.71. The maximum atomic E-state index is 12.2. The average molecular weight is 469 g/mol. The third-order valence-electron chi connectivity index (χ3n) is 3.72. The molecule has 0 aromatic heterocycles. The van der Waals surface area contributed by atoms with E-state index in [0.29, 0.717) is 5.02 Å². The lowest BCUT2D eigenvalue weighted by molar-refractivity contribution is -0.384. The molecular formula is C19H18Cl2N4O6. The fourth-order valence-corrected chi connectivity index (χ4v) is 2.75. The molecule has 0 saturated heterocycles. The van der Waals surface area contributed by atoms with Crippen LogP contribution in [-0.4, -0.2) is 36.2 Å². The zero-order chi connectivity index (χ0) is 23.0. The molecule has 0 aliphatic carbocycles. The molecular weight excluding hydrogens is 451 g/mol. The fourth-order valence-electron chi connectivity index (χ4n) is 2.29. The Morgan fingerprint density at radius 1 is 1.16 bits per heavy atom. The number of anilines is 1. The van der Waals surface area contributed by atoms with Gasteiger partial charge in [-0.2, -0.15) is 5.10 Å². The van der Waals surface area contributed by atoms with Gasteiger partial charge in [0, 0.05) is 10.7 Å². The van der Waals surface area contributed by atoms with E-state index in [1.807, 2.05) is 0 Å². The lowest BCUT2D eigenvalue weighted by atomic mass is 10.2. The highest BCUT2D eigenvalue weighted by molar-refractivity contribution is 6.35. The standard InChI is InChI=1S/C19H18Cl2N4O6/c1-11(23-24-19(27)10-31-17-6-3-12(20)8-14(17)21)7-18(26)22-15-5-4-13(30-2)9-16(15)25(28)29/h3-6,8-9H,7,10H2,1-2H3,(H,22,26)(H,24,27)/b23-11-. The van der Waals surface area contributed by atoms with Crippen molar-refractivity contribution in [1.29, 1.82) is 0 Å². The Morgan fingerprint density at radius 3 is 2.55 bits per heavy atom. The number of carbonyl (C=O) groups excluding carboxylic acids is 2. The number of methoxy groups -OCH3 is 1. The molecule has 0 aliphatic rings. The molecule has 0 fully saturated rings. The van der Waals surface area contributed by atoms with E-state index >= 15 is 0 Å². The normalized spacial score (nSPS) is 10.9. The number of rotatable bonds is 9. The molecule has 164 valence electrons. The van der Waals surface area contributed by atoms with Crippen LogP contribution in [0.5, 0.6) is 11.5 Å². The van der Waals surface area contributed by atoms with Gasteiger partial charge in [-0.15, -0.1) is 0 Å². The predicted octanol–water partition coefficient (Wildman–Crippen LogP) is 3.81. The number of amides is 2. The SMILES string of the molecule is COc1ccc(NC(=O)C/C(C)=N\NC(=O)COc2ccc(Cl)cc2Cl)c([N+](=O)[O-])c1. The summed E-state index contributed by atoms with van der Waals surface area (Å²) in [6.45, 7) is 1.15. The van der Waals surface area contributed by atoms with Gasteiger partial charge < -0.3 is 14.8 Å². The number of nitrogens with zero attached hydrogens (tertiary/aromatic N) is 2. The minimum atomic E-state index is -0.633. The van der Waals surface area contributed by atoms with Gasteiger partial charge in [-0.25, -0.2) is 5.43 Å². The van der Waals surface area contributed by atoms with Crippen LogP contribution in [0, 0.1) is 10.1 Å². The number of carbonyl (C=O) groups is 2. The Kier molecular flexibility index (Phi) is 8.59. The topological polar surface area (TPSA) is 132 Å². The van der Waals surface area contributed by atoms with Crippen LogP contribution >= 0.6 is 23.2 Å². The van der Waals surface area contributed by atoms with Crippen molar-refractivity contribution in [3.63, 3.8) is 0 Å². The fraction of sp³-hybridized carbons (Fsp3) is 0.211. The number of benzene rings is 2.